The summed E-state index contributed by atoms with van der Waals surface area (Å²) in [6.45, 7) is 0.513. The predicted octanol–water partition coefficient (Wildman–Crippen LogP) is 0.591. The number of nitrogens with two attached hydrogens (primary N) is 1. The Morgan fingerprint density at radius 2 is 2.21 bits per heavy atom. The van der Waals surface area contributed by atoms with E-state index in [-0.39, 0.29) is 18.8 Å². The van der Waals surface area contributed by atoms with Gasteiger partial charge in [0.1, 0.15) is 30.4 Å². The minimum absolute atomic E-state index is 0.145. The van der Waals surface area contributed by atoms with Gasteiger partial charge >= 0.3 is 0 Å². The molecule has 1 saturated heterocycles. The number of imidazole rings is 1. The van der Waals surface area contributed by atoms with E-state index >= 15 is 0 Å². The van der Waals surface area contributed by atoms with Crippen LogP contribution in [-0.2, 0) is 18.9 Å². The predicted molar refractivity (Wildman–Crippen MR) is 87.1 cm³/mol. The fourth-order valence-corrected chi connectivity index (χ4v) is 2.98. The Morgan fingerprint density at radius 3 is 2.92 bits per heavy atom. The molecule has 0 amide bonds. The van der Waals surface area contributed by atoms with Gasteiger partial charge in [-0.2, -0.15) is 0 Å². The van der Waals surface area contributed by atoms with Crippen molar-refractivity contribution < 1.29 is 18.9 Å². The van der Waals surface area contributed by atoms with Crippen LogP contribution in [0.5, 0.6) is 0 Å². The molecule has 0 bridgehead atoms. The van der Waals surface area contributed by atoms with E-state index in [4.69, 9.17) is 31.1 Å². The molecular weight excluding hydrogens is 312 g/mol. The smallest absolute Gasteiger partial charge is 0.166 e. The summed E-state index contributed by atoms with van der Waals surface area (Å²) in [6.07, 6.45) is 7.04. The van der Waals surface area contributed by atoms with Gasteiger partial charge in [-0.05, 0) is 6.07 Å². The van der Waals surface area contributed by atoms with E-state index in [1.54, 1.807) is 37.4 Å². The topological polar surface area (TPSA) is 93.7 Å². The summed E-state index contributed by atoms with van der Waals surface area (Å²) < 4.78 is 24.5. The maximum Gasteiger partial charge on any atom is 0.166 e. The number of nitrogens with zero attached hydrogens (tertiary/aromatic N) is 3. The molecule has 1 fully saturated rings. The van der Waals surface area contributed by atoms with Gasteiger partial charge in [0.05, 0.1) is 18.6 Å². The third-order valence-electron chi connectivity index (χ3n) is 4.01. The van der Waals surface area contributed by atoms with Crippen molar-refractivity contribution in [3.8, 4) is 12.3 Å². The van der Waals surface area contributed by atoms with E-state index in [2.05, 4.69) is 15.9 Å². The highest BCUT2D eigenvalue weighted by molar-refractivity contribution is 5.83. The number of methoxy groups -OCH3 is 2. The van der Waals surface area contributed by atoms with Crippen LogP contribution in [0.4, 0.5) is 5.69 Å². The largest absolute Gasteiger partial charge is 0.397 e. The minimum Gasteiger partial charge on any atom is -0.397 e. The van der Waals surface area contributed by atoms with Crippen molar-refractivity contribution in [1.82, 2.24) is 14.5 Å². The van der Waals surface area contributed by atoms with Gasteiger partial charge in [0.15, 0.2) is 11.9 Å². The summed E-state index contributed by atoms with van der Waals surface area (Å²) >= 11 is 0. The second kappa shape index (κ2) is 7.15. The molecule has 8 heteroatoms. The quantitative estimate of drug-likeness (QED) is 0.774. The molecule has 0 radical (unpaired) electrons. The van der Waals surface area contributed by atoms with Crippen molar-refractivity contribution >= 4 is 16.9 Å². The van der Waals surface area contributed by atoms with Crippen LogP contribution < -0.4 is 5.73 Å². The Balaban J connectivity index is 1.99. The van der Waals surface area contributed by atoms with Crippen LogP contribution >= 0.6 is 0 Å². The first-order valence-corrected chi connectivity index (χ1v) is 7.50. The summed E-state index contributed by atoms with van der Waals surface area (Å²) in [5.74, 6) is 2.47. The number of rotatable bonds is 6. The molecule has 3 heterocycles. The first-order chi connectivity index (χ1) is 11.7. The number of fused-ring (bicyclic) bond motifs is 1. The van der Waals surface area contributed by atoms with Crippen molar-refractivity contribution in [3.63, 3.8) is 0 Å². The van der Waals surface area contributed by atoms with E-state index in [1.165, 1.54) is 0 Å². The zero-order chi connectivity index (χ0) is 17.1. The van der Waals surface area contributed by atoms with Gasteiger partial charge in [-0.3, -0.25) is 4.57 Å². The highest BCUT2D eigenvalue weighted by atomic mass is 16.6. The monoisotopic (exact) mass is 332 g/mol. The zero-order valence-electron chi connectivity index (χ0n) is 13.6. The van der Waals surface area contributed by atoms with Crippen LogP contribution in [0.1, 0.15) is 6.23 Å². The van der Waals surface area contributed by atoms with Crippen LogP contribution in [0, 0.1) is 12.3 Å². The van der Waals surface area contributed by atoms with Gasteiger partial charge in [0.2, 0.25) is 0 Å². The second-order valence-corrected chi connectivity index (χ2v) is 5.42. The lowest BCUT2D eigenvalue weighted by atomic mass is 10.1. The fourth-order valence-electron chi connectivity index (χ4n) is 2.98. The number of pyridine rings is 1. The molecule has 0 spiro atoms. The summed E-state index contributed by atoms with van der Waals surface area (Å²) in [6, 6.07) is 1.70. The molecule has 0 aliphatic carbocycles. The summed E-state index contributed by atoms with van der Waals surface area (Å²) in [4.78, 5) is 8.68. The fraction of sp³-hybridized carbons (Fsp3) is 0.500. The molecule has 128 valence electrons. The molecule has 0 saturated carbocycles. The molecule has 1 aliphatic heterocycles. The lowest BCUT2D eigenvalue weighted by Crippen LogP contribution is -2.37. The molecule has 2 N–H and O–H groups in total. The average Bonchev–Trinajstić information content (AvgIpc) is 3.15. The Hall–Kier alpha value is -2.18. The lowest BCUT2D eigenvalue weighted by molar-refractivity contribution is -0.0670. The van der Waals surface area contributed by atoms with Crippen LogP contribution in [0.15, 0.2) is 18.6 Å². The SMILES string of the molecule is C#CCO[C@H]1C(OC)[C@@H](COC)O[C@H]1n1cnc2c(N)ccnc21. The number of ether oxygens (including phenoxy) is 4. The Kier molecular flexibility index (Phi) is 4.97. The Bertz CT molecular complexity index is 741. The van der Waals surface area contributed by atoms with Gasteiger partial charge in [0.25, 0.3) is 0 Å². The van der Waals surface area contributed by atoms with E-state index in [0.717, 1.165) is 0 Å². The normalized spacial score (nSPS) is 26.7. The highest BCUT2D eigenvalue weighted by Crippen LogP contribution is 2.35. The van der Waals surface area contributed by atoms with Gasteiger partial charge in [-0.25, -0.2) is 9.97 Å². The van der Waals surface area contributed by atoms with E-state index in [9.17, 15) is 0 Å². The lowest BCUT2D eigenvalue weighted by Gasteiger charge is -2.23. The van der Waals surface area contributed by atoms with Crippen molar-refractivity contribution in [2.45, 2.75) is 24.5 Å². The number of anilines is 1. The second-order valence-electron chi connectivity index (χ2n) is 5.42. The van der Waals surface area contributed by atoms with E-state index in [0.29, 0.717) is 23.5 Å². The molecular formula is C16H20N4O4. The minimum atomic E-state index is -0.497. The van der Waals surface area contributed by atoms with Crippen molar-refractivity contribution in [2.75, 3.05) is 33.2 Å². The van der Waals surface area contributed by atoms with E-state index < -0.39 is 12.3 Å². The molecule has 24 heavy (non-hydrogen) atoms. The number of nitrogen functional groups attached to an aromatic ring is 1. The standard InChI is InChI=1S/C16H20N4O4/c1-4-7-23-14-13(22-3)11(8-21-2)24-16(14)20-9-19-12-10(17)5-6-18-15(12)20/h1,5-6,9,11,13-14,16H,7-8H2,2-3H3,(H2,17,18)/t11-,13?,14+,16-/m1/s1. The van der Waals surface area contributed by atoms with Crippen LogP contribution in [0.2, 0.25) is 0 Å². The maximum atomic E-state index is 6.11. The Morgan fingerprint density at radius 1 is 1.38 bits per heavy atom. The van der Waals surface area contributed by atoms with Gasteiger partial charge in [0, 0.05) is 20.4 Å². The highest BCUT2D eigenvalue weighted by Gasteiger charge is 2.47. The molecule has 1 unspecified atom stereocenters. The number of aromatic nitrogens is 3. The van der Waals surface area contributed by atoms with Crippen LogP contribution in [0.3, 0.4) is 0 Å². The van der Waals surface area contributed by atoms with Crippen molar-refractivity contribution in [2.24, 2.45) is 0 Å². The van der Waals surface area contributed by atoms with Crippen molar-refractivity contribution in [3.05, 3.63) is 18.6 Å². The molecule has 8 nitrogen and oxygen atoms in total. The zero-order valence-corrected chi connectivity index (χ0v) is 13.6. The van der Waals surface area contributed by atoms with Crippen LogP contribution in [-0.4, -0.2) is 60.3 Å². The number of hydrogen-bond acceptors (Lipinski definition) is 7. The maximum absolute atomic E-state index is 6.11. The molecule has 0 aromatic carbocycles. The van der Waals surface area contributed by atoms with Crippen LogP contribution in [0.25, 0.3) is 11.2 Å². The molecule has 2 aromatic rings. The molecule has 1 aliphatic rings. The first kappa shape index (κ1) is 16.7. The Labute approximate surface area is 139 Å². The summed E-state index contributed by atoms with van der Waals surface area (Å²) in [5, 5.41) is 0. The summed E-state index contributed by atoms with van der Waals surface area (Å²) in [5.41, 5.74) is 7.73. The van der Waals surface area contributed by atoms with Crippen molar-refractivity contribution in [1.29, 1.82) is 0 Å². The van der Waals surface area contributed by atoms with E-state index in [1.807, 2.05) is 0 Å². The molecule has 4 atom stereocenters. The average molecular weight is 332 g/mol. The molecule has 2 aromatic heterocycles. The third-order valence-corrected chi connectivity index (χ3v) is 4.01. The summed E-state index contributed by atoms with van der Waals surface area (Å²) in [7, 11) is 3.21. The van der Waals surface area contributed by atoms with Gasteiger partial charge in [-0.15, -0.1) is 6.42 Å². The number of terminal acetylenes is 1. The third kappa shape index (κ3) is 2.83. The number of hydrogen-bond donors (Lipinski definition) is 1. The molecule has 3 rings (SSSR count). The van der Waals surface area contributed by atoms with Gasteiger partial charge < -0.3 is 24.7 Å². The first-order valence-electron chi connectivity index (χ1n) is 7.50. The van der Waals surface area contributed by atoms with Gasteiger partial charge in [-0.1, -0.05) is 5.92 Å².